The molecule has 0 aliphatic rings. The van der Waals surface area contributed by atoms with Crippen LogP contribution in [0, 0.1) is 0 Å². The maximum absolute atomic E-state index is 12.1. The van der Waals surface area contributed by atoms with Crippen molar-refractivity contribution in [3.63, 3.8) is 0 Å². The zero-order valence-electron chi connectivity index (χ0n) is 11.6. The molecule has 5 heteroatoms. The Hall–Kier alpha value is -2.17. The topological polar surface area (TPSA) is 42.0 Å². The minimum Gasteiger partial charge on any atom is -0.348 e. The molecule has 0 radical (unpaired) electrons. The van der Waals surface area contributed by atoms with E-state index < -0.39 is 0 Å². The number of nitrogens with one attached hydrogen (secondary N) is 1. The summed E-state index contributed by atoms with van der Waals surface area (Å²) in [5, 5.41) is 7.52. The number of aromatic nitrogens is 1. The summed E-state index contributed by atoms with van der Waals surface area (Å²) < 4.78 is 0. The van der Waals surface area contributed by atoms with Gasteiger partial charge in [-0.15, -0.1) is 0 Å². The second kappa shape index (κ2) is 6.73. The molecule has 0 saturated carbocycles. The van der Waals surface area contributed by atoms with Gasteiger partial charge < -0.3 is 5.32 Å². The molecule has 0 aliphatic heterocycles. The Kier molecular flexibility index (Phi) is 4.51. The molecule has 1 amide bonds. The van der Waals surface area contributed by atoms with Crippen molar-refractivity contribution in [2.75, 3.05) is 0 Å². The second-order valence-electron chi connectivity index (χ2n) is 4.75. The first-order chi connectivity index (χ1) is 10.7. The van der Waals surface area contributed by atoms with Gasteiger partial charge in [0, 0.05) is 34.3 Å². The summed E-state index contributed by atoms with van der Waals surface area (Å²) in [5.41, 5.74) is 3.56. The Morgan fingerprint density at radius 3 is 2.91 bits per heavy atom. The van der Waals surface area contributed by atoms with E-state index >= 15 is 0 Å². The van der Waals surface area contributed by atoms with Crippen LogP contribution in [0.4, 0.5) is 0 Å². The number of thiophene rings is 1. The average molecular weight is 329 g/mol. The number of amides is 1. The molecule has 0 saturated heterocycles. The fraction of sp³-hybridized carbons (Fsp3) is 0.0588. The van der Waals surface area contributed by atoms with Gasteiger partial charge in [-0.1, -0.05) is 17.7 Å². The van der Waals surface area contributed by atoms with E-state index in [0.29, 0.717) is 17.1 Å². The van der Waals surface area contributed by atoms with Crippen LogP contribution in [0.2, 0.25) is 5.02 Å². The van der Waals surface area contributed by atoms with Crippen LogP contribution in [-0.4, -0.2) is 10.9 Å². The highest BCUT2D eigenvalue weighted by atomic mass is 35.5. The molecule has 0 atom stereocenters. The van der Waals surface area contributed by atoms with Gasteiger partial charge in [0.1, 0.15) is 0 Å². The van der Waals surface area contributed by atoms with Gasteiger partial charge in [-0.3, -0.25) is 9.78 Å². The summed E-state index contributed by atoms with van der Waals surface area (Å²) in [7, 11) is 0. The molecule has 3 rings (SSSR count). The van der Waals surface area contributed by atoms with Crippen LogP contribution in [0.25, 0.3) is 11.3 Å². The van der Waals surface area contributed by atoms with E-state index in [-0.39, 0.29) is 5.91 Å². The molecule has 0 unspecified atom stereocenters. The SMILES string of the molecule is O=C(NCc1ccnc(-c2ccsc2)c1)c1cccc(Cl)c1. The molecule has 2 aromatic heterocycles. The normalized spacial score (nSPS) is 10.4. The summed E-state index contributed by atoms with van der Waals surface area (Å²) in [5.74, 6) is -0.142. The molecule has 1 aromatic carbocycles. The molecule has 3 nitrogen and oxygen atoms in total. The number of hydrogen-bond acceptors (Lipinski definition) is 3. The standard InChI is InChI=1S/C17H13ClN2OS/c18-15-3-1-2-13(9-15)17(21)20-10-12-4-6-19-16(8-12)14-5-7-22-11-14/h1-9,11H,10H2,(H,20,21). The van der Waals surface area contributed by atoms with Crippen molar-refractivity contribution in [3.05, 3.63) is 75.6 Å². The molecule has 110 valence electrons. The summed E-state index contributed by atoms with van der Waals surface area (Å²) in [6.45, 7) is 0.449. The van der Waals surface area contributed by atoms with Crippen LogP contribution < -0.4 is 5.32 Å². The largest absolute Gasteiger partial charge is 0.348 e. The average Bonchev–Trinajstić information content (AvgIpc) is 3.07. The number of carbonyl (C=O) groups excluding carboxylic acids is 1. The molecular weight excluding hydrogens is 316 g/mol. The maximum atomic E-state index is 12.1. The number of hydrogen-bond donors (Lipinski definition) is 1. The fourth-order valence-electron chi connectivity index (χ4n) is 2.07. The molecule has 22 heavy (non-hydrogen) atoms. The Morgan fingerprint density at radius 1 is 1.23 bits per heavy atom. The Balaban J connectivity index is 1.69. The van der Waals surface area contributed by atoms with Crippen LogP contribution in [0.15, 0.2) is 59.4 Å². The van der Waals surface area contributed by atoms with Crippen molar-refractivity contribution in [2.45, 2.75) is 6.54 Å². The van der Waals surface area contributed by atoms with Gasteiger partial charge in [0.2, 0.25) is 0 Å². The Labute approximate surface area is 137 Å². The lowest BCUT2D eigenvalue weighted by atomic mass is 10.1. The smallest absolute Gasteiger partial charge is 0.251 e. The van der Waals surface area contributed by atoms with E-state index in [1.807, 2.05) is 23.6 Å². The molecule has 0 aliphatic carbocycles. The van der Waals surface area contributed by atoms with Crippen molar-refractivity contribution in [3.8, 4) is 11.3 Å². The second-order valence-corrected chi connectivity index (χ2v) is 5.97. The highest BCUT2D eigenvalue weighted by Gasteiger charge is 2.06. The summed E-state index contributed by atoms with van der Waals surface area (Å²) >= 11 is 7.53. The van der Waals surface area contributed by atoms with Crippen molar-refractivity contribution < 1.29 is 4.79 Å². The summed E-state index contributed by atoms with van der Waals surface area (Å²) in [6.07, 6.45) is 1.76. The Bertz CT molecular complexity index is 787. The predicted molar refractivity (Wildman–Crippen MR) is 90.2 cm³/mol. The zero-order chi connectivity index (χ0) is 15.4. The van der Waals surface area contributed by atoms with E-state index in [0.717, 1.165) is 16.8 Å². The minimum atomic E-state index is -0.142. The molecule has 0 bridgehead atoms. The summed E-state index contributed by atoms with van der Waals surface area (Å²) in [4.78, 5) is 16.5. The van der Waals surface area contributed by atoms with Crippen LogP contribution in [0.3, 0.4) is 0 Å². The van der Waals surface area contributed by atoms with E-state index in [1.165, 1.54) is 0 Å². The number of rotatable bonds is 4. The predicted octanol–water partition coefficient (Wildman–Crippen LogP) is 4.39. The molecule has 0 fully saturated rings. The lowest BCUT2D eigenvalue weighted by Crippen LogP contribution is -2.22. The van der Waals surface area contributed by atoms with Gasteiger partial charge in [0.05, 0.1) is 5.69 Å². The van der Waals surface area contributed by atoms with Gasteiger partial charge in [0.15, 0.2) is 0 Å². The third-order valence-corrected chi connectivity index (χ3v) is 4.10. The highest BCUT2D eigenvalue weighted by Crippen LogP contribution is 2.20. The monoisotopic (exact) mass is 328 g/mol. The first-order valence-electron chi connectivity index (χ1n) is 6.73. The van der Waals surface area contributed by atoms with Gasteiger partial charge in [-0.05, 0) is 47.3 Å². The molecular formula is C17H13ClN2OS. The zero-order valence-corrected chi connectivity index (χ0v) is 13.2. The van der Waals surface area contributed by atoms with Crippen molar-refractivity contribution >= 4 is 28.8 Å². The van der Waals surface area contributed by atoms with E-state index in [2.05, 4.69) is 15.7 Å². The third kappa shape index (κ3) is 3.53. The van der Waals surface area contributed by atoms with Crippen LogP contribution in [0.1, 0.15) is 15.9 Å². The minimum absolute atomic E-state index is 0.142. The van der Waals surface area contributed by atoms with Gasteiger partial charge in [-0.2, -0.15) is 11.3 Å². The molecule has 3 aromatic rings. The van der Waals surface area contributed by atoms with Crippen LogP contribution in [-0.2, 0) is 6.54 Å². The summed E-state index contributed by atoms with van der Waals surface area (Å²) in [6, 6.07) is 12.8. The van der Waals surface area contributed by atoms with Gasteiger partial charge in [0.25, 0.3) is 5.91 Å². The van der Waals surface area contributed by atoms with Crippen molar-refractivity contribution in [2.24, 2.45) is 0 Å². The first-order valence-corrected chi connectivity index (χ1v) is 8.06. The number of halogens is 1. The van der Waals surface area contributed by atoms with Crippen LogP contribution in [0.5, 0.6) is 0 Å². The number of carbonyl (C=O) groups is 1. The molecule has 0 spiro atoms. The van der Waals surface area contributed by atoms with Crippen molar-refractivity contribution in [1.29, 1.82) is 0 Å². The van der Waals surface area contributed by atoms with Crippen LogP contribution >= 0.6 is 22.9 Å². The van der Waals surface area contributed by atoms with E-state index in [4.69, 9.17) is 11.6 Å². The number of nitrogens with zero attached hydrogens (tertiary/aromatic N) is 1. The molecule has 1 N–H and O–H groups in total. The highest BCUT2D eigenvalue weighted by molar-refractivity contribution is 7.08. The lowest BCUT2D eigenvalue weighted by Gasteiger charge is -2.07. The molecule has 2 heterocycles. The fourth-order valence-corrected chi connectivity index (χ4v) is 2.91. The third-order valence-electron chi connectivity index (χ3n) is 3.18. The maximum Gasteiger partial charge on any atom is 0.251 e. The lowest BCUT2D eigenvalue weighted by molar-refractivity contribution is 0.0951. The van der Waals surface area contributed by atoms with Gasteiger partial charge in [-0.25, -0.2) is 0 Å². The quantitative estimate of drug-likeness (QED) is 0.771. The van der Waals surface area contributed by atoms with Gasteiger partial charge >= 0.3 is 0 Å². The number of pyridine rings is 1. The Morgan fingerprint density at radius 2 is 2.14 bits per heavy atom. The van der Waals surface area contributed by atoms with E-state index in [1.54, 1.807) is 41.8 Å². The number of benzene rings is 1. The first kappa shape index (κ1) is 14.8. The van der Waals surface area contributed by atoms with E-state index in [9.17, 15) is 4.79 Å². The van der Waals surface area contributed by atoms with Crippen molar-refractivity contribution in [1.82, 2.24) is 10.3 Å².